The molecule has 0 N–H and O–H groups in total. The van der Waals surface area contributed by atoms with Crippen molar-refractivity contribution in [2.75, 3.05) is 38.7 Å². The summed E-state index contributed by atoms with van der Waals surface area (Å²) in [6, 6.07) is 7.46. The largest absolute Gasteiger partial charge is 0.461 e. The first-order valence-electron chi connectivity index (χ1n) is 10.7. The van der Waals surface area contributed by atoms with Gasteiger partial charge < -0.3 is 19.0 Å². The van der Waals surface area contributed by atoms with Gasteiger partial charge in [0.25, 0.3) is 5.91 Å². The topological polar surface area (TPSA) is 97.5 Å². The standard InChI is InChI=1S/C24H24N6O3/c1-15-8-17-9-16(4-5-20(17)33-15)23(31)30-6-7-32-21(13-30)22-19(18-10-25-14-26-11-18)12-27-24(28-22)29(2)3/h4-5,8-12,14,21H,6-7,13H2,1-3H3/t21-/m1/s1. The van der Waals surface area contributed by atoms with Crippen molar-refractivity contribution in [3.05, 3.63) is 66.2 Å². The molecule has 168 valence electrons. The van der Waals surface area contributed by atoms with Gasteiger partial charge in [0.15, 0.2) is 0 Å². The molecule has 0 bridgehead atoms. The van der Waals surface area contributed by atoms with E-state index >= 15 is 0 Å². The summed E-state index contributed by atoms with van der Waals surface area (Å²) in [5.74, 6) is 1.34. The number of rotatable bonds is 4. The summed E-state index contributed by atoms with van der Waals surface area (Å²) in [5.41, 5.74) is 3.69. The van der Waals surface area contributed by atoms with Crippen molar-refractivity contribution in [1.82, 2.24) is 24.8 Å². The highest BCUT2D eigenvalue weighted by atomic mass is 16.5. The maximum atomic E-state index is 13.3. The minimum Gasteiger partial charge on any atom is -0.461 e. The number of carbonyl (C=O) groups is 1. The van der Waals surface area contributed by atoms with E-state index in [1.807, 2.05) is 49.0 Å². The van der Waals surface area contributed by atoms with Crippen LogP contribution in [0, 0.1) is 6.92 Å². The Morgan fingerprint density at radius 2 is 1.97 bits per heavy atom. The zero-order valence-corrected chi connectivity index (χ0v) is 18.7. The maximum absolute atomic E-state index is 13.3. The number of fused-ring (bicyclic) bond motifs is 1. The number of nitrogens with zero attached hydrogens (tertiary/aromatic N) is 6. The van der Waals surface area contributed by atoms with Crippen molar-refractivity contribution >= 4 is 22.8 Å². The van der Waals surface area contributed by atoms with Gasteiger partial charge in [0.05, 0.1) is 18.8 Å². The molecule has 1 aromatic carbocycles. The Labute approximate surface area is 191 Å². The minimum absolute atomic E-state index is 0.0458. The molecule has 1 atom stereocenters. The van der Waals surface area contributed by atoms with Gasteiger partial charge in [-0.2, -0.15) is 0 Å². The van der Waals surface area contributed by atoms with Crippen molar-refractivity contribution in [3.63, 3.8) is 0 Å². The zero-order valence-electron chi connectivity index (χ0n) is 18.7. The molecule has 1 aliphatic heterocycles. The third-order valence-electron chi connectivity index (χ3n) is 5.62. The molecule has 1 amide bonds. The van der Waals surface area contributed by atoms with Crippen LogP contribution in [-0.4, -0.2) is 64.5 Å². The molecule has 33 heavy (non-hydrogen) atoms. The van der Waals surface area contributed by atoms with E-state index in [0.717, 1.165) is 27.9 Å². The van der Waals surface area contributed by atoms with Crippen molar-refractivity contribution in [1.29, 1.82) is 0 Å². The Kier molecular flexibility index (Phi) is 5.47. The summed E-state index contributed by atoms with van der Waals surface area (Å²) in [6.07, 6.45) is 6.28. The van der Waals surface area contributed by atoms with E-state index in [1.165, 1.54) is 6.33 Å². The average molecular weight is 444 g/mol. The van der Waals surface area contributed by atoms with Gasteiger partial charge in [-0.05, 0) is 31.2 Å². The summed E-state index contributed by atoms with van der Waals surface area (Å²) in [4.78, 5) is 34.5. The van der Waals surface area contributed by atoms with Crippen LogP contribution in [-0.2, 0) is 4.74 Å². The highest BCUT2D eigenvalue weighted by Gasteiger charge is 2.30. The lowest BCUT2D eigenvalue weighted by atomic mass is 10.0. The lowest BCUT2D eigenvalue weighted by Gasteiger charge is -2.33. The number of hydrogen-bond donors (Lipinski definition) is 0. The van der Waals surface area contributed by atoms with E-state index < -0.39 is 6.10 Å². The van der Waals surface area contributed by atoms with E-state index in [9.17, 15) is 4.79 Å². The molecule has 3 aromatic heterocycles. The number of hydrogen-bond acceptors (Lipinski definition) is 8. The van der Waals surface area contributed by atoms with Gasteiger partial charge in [-0.1, -0.05) is 0 Å². The fourth-order valence-corrected chi connectivity index (χ4v) is 4.00. The smallest absolute Gasteiger partial charge is 0.254 e. The van der Waals surface area contributed by atoms with Crippen LogP contribution in [0.4, 0.5) is 5.95 Å². The van der Waals surface area contributed by atoms with Crippen LogP contribution in [0.2, 0.25) is 0 Å². The fraction of sp³-hybridized carbons (Fsp3) is 0.292. The Morgan fingerprint density at radius 1 is 1.15 bits per heavy atom. The number of aryl methyl sites for hydroxylation is 1. The predicted octanol–water partition coefficient (Wildman–Crippen LogP) is 3.27. The molecular weight excluding hydrogens is 420 g/mol. The number of ether oxygens (including phenoxy) is 1. The van der Waals surface area contributed by atoms with Gasteiger partial charge in [-0.25, -0.2) is 19.9 Å². The molecule has 4 aromatic rings. The van der Waals surface area contributed by atoms with E-state index in [0.29, 0.717) is 36.9 Å². The molecule has 5 rings (SSSR count). The van der Waals surface area contributed by atoms with E-state index in [-0.39, 0.29) is 5.91 Å². The van der Waals surface area contributed by atoms with Gasteiger partial charge in [-0.15, -0.1) is 0 Å². The number of carbonyl (C=O) groups excluding carboxylic acids is 1. The Morgan fingerprint density at radius 3 is 2.76 bits per heavy atom. The first kappa shape index (κ1) is 21.0. The molecule has 9 nitrogen and oxygen atoms in total. The first-order valence-corrected chi connectivity index (χ1v) is 10.7. The molecule has 9 heteroatoms. The van der Waals surface area contributed by atoms with Gasteiger partial charge in [-0.3, -0.25) is 4.79 Å². The second kappa shape index (κ2) is 8.59. The summed E-state index contributed by atoms with van der Waals surface area (Å²) >= 11 is 0. The second-order valence-corrected chi connectivity index (χ2v) is 8.21. The molecule has 1 fully saturated rings. The predicted molar refractivity (Wildman–Crippen MR) is 123 cm³/mol. The lowest BCUT2D eigenvalue weighted by molar-refractivity contribution is -0.0244. The van der Waals surface area contributed by atoms with Crippen molar-refractivity contribution in [2.45, 2.75) is 13.0 Å². The molecule has 1 aliphatic rings. The number of benzene rings is 1. The van der Waals surface area contributed by atoms with Crippen LogP contribution in [0.25, 0.3) is 22.1 Å². The third kappa shape index (κ3) is 4.14. The minimum atomic E-state index is -0.403. The number of aromatic nitrogens is 4. The number of amides is 1. The average Bonchev–Trinajstić information content (AvgIpc) is 3.23. The summed E-state index contributed by atoms with van der Waals surface area (Å²) < 4.78 is 11.7. The summed E-state index contributed by atoms with van der Waals surface area (Å²) in [7, 11) is 3.77. The van der Waals surface area contributed by atoms with Crippen LogP contribution in [0.3, 0.4) is 0 Å². The Hall–Kier alpha value is -3.85. The van der Waals surface area contributed by atoms with Crippen LogP contribution in [0.15, 0.2) is 53.6 Å². The number of furan rings is 1. The molecule has 1 saturated heterocycles. The third-order valence-corrected chi connectivity index (χ3v) is 5.62. The molecule has 0 aliphatic carbocycles. The van der Waals surface area contributed by atoms with Gasteiger partial charge >= 0.3 is 0 Å². The van der Waals surface area contributed by atoms with Crippen LogP contribution >= 0.6 is 0 Å². The molecule has 0 saturated carbocycles. The highest BCUT2D eigenvalue weighted by Crippen LogP contribution is 2.31. The van der Waals surface area contributed by atoms with Gasteiger partial charge in [0.2, 0.25) is 5.95 Å². The first-order chi connectivity index (χ1) is 16.0. The lowest BCUT2D eigenvalue weighted by Crippen LogP contribution is -2.42. The molecule has 0 radical (unpaired) electrons. The molecule has 0 unspecified atom stereocenters. The van der Waals surface area contributed by atoms with E-state index in [4.69, 9.17) is 14.1 Å². The second-order valence-electron chi connectivity index (χ2n) is 8.21. The van der Waals surface area contributed by atoms with E-state index in [1.54, 1.807) is 24.7 Å². The van der Waals surface area contributed by atoms with Crippen molar-refractivity contribution in [3.8, 4) is 11.1 Å². The highest BCUT2D eigenvalue weighted by molar-refractivity contribution is 5.98. The fourth-order valence-electron chi connectivity index (χ4n) is 4.00. The van der Waals surface area contributed by atoms with E-state index in [2.05, 4.69) is 15.0 Å². The maximum Gasteiger partial charge on any atom is 0.254 e. The van der Waals surface area contributed by atoms with Crippen molar-refractivity contribution < 1.29 is 13.9 Å². The molecular formula is C24H24N6O3. The number of morpholine rings is 1. The zero-order chi connectivity index (χ0) is 22.9. The van der Waals surface area contributed by atoms with Gasteiger partial charge in [0.1, 0.15) is 23.8 Å². The monoisotopic (exact) mass is 444 g/mol. The SMILES string of the molecule is Cc1cc2cc(C(=O)N3CCO[C@@H](c4nc(N(C)C)ncc4-c4cncnc4)C3)ccc2o1. The molecule has 0 spiro atoms. The van der Waals surface area contributed by atoms with Crippen LogP contribution in [0.5, 0.6) is 0 Å². The molecule has 4 heterocycles. The number of anilines is 1. The van der Waals surface area contributed by atoms with Crippen LogP contribution in [0.1, 0.15) is 27.9 Å². The summed E-state index contributed by atoms with van der Waals surface area (Å²) in [5, 5.41) is 0.918. The quantitative estimate of drug-likeness (QED) is 0.473. The van der Waals surface area contributed by atoms with Gasteiger partial charge in [0, 0.05) is 61.3 Å². The van der Waals surface area contributed by atoms with Crippen LogP contribution < -0.4 is 4.90 Å². The Bertz CT molecular complexity index is 1300. The van der Waals surface area contributed by atoms with Crippen molar-refractivity contribution in [2.24, 2.45) is 0 Å². The normalized spacial score (nSPS) is 16.2. The summed E-state index contributed by atoms with van der Waals surface area (Å²) in [6.45, 7) is 3.20. The Balaban J connectivity index is 1.46.